The van der Waals surface area contributed by atoms with Gasteiger partial charge in [-0.15, -0.1) is 0 Å². The zero-order valence-corrected chi connectivity index (χ0v) is 16.8. The van der Waals surface area contributed by atoms with Crippen LogP contribution in [0.1, 0.15) is 37.0 Å². The van der Waals surface area contributed by atoms with E-state index in [0.717, 1.165) is 25.9 Å². The zero-order valence-electron chi connectivity index (χ0n) is 16.8. The van der Waals surface area contributed by atoms with Crippen LogP contribution in [0.5, 0.6) is 0 Å². The van der Waals surface area contributed by atoms with Crippen LogP contribution in [0.3, 0.4) is 0 Å². The molecule has 2 aromatic heterocycles. The highest BCUT2D eigenvalue weighted by molar-refractivity contribution is 6.04. The summed E-state index contributed by atoms with van der Waals surface area (Å²) in [5.41, 5.74) is 9.96. The van der Waals surface area contributed by atoms with Gasteiger partial charge < -0.3 is 31.6 Å². The summed E-state index contributed by atoms with van der Waals surface area (Å²) in [5, 5.41) is 6.11. The number of rotatable bonds is 3. The number of nitrogen functional groups attached to an aromatic ring is 1. The summed E-state index contributed by atoms with van der Waals surface area (Å²) in [6, 6.07) is 0.0610. The number of nitrogens with zero attached hydrogens (tertiary/aromatic N) is 3. The number of aromatic nitrogens is 2. The molecule has 1 amide bonds. The summed E-state index contributed by atoms with van der Waals surface area (Å²) in [5.74, 6) is -1.36. The number of amides is 1. The Balaban J connectivity index is 1.95. The standard InChI is InChI=1S/C19H26FN7O2/c1-19(2)8-23-17-11(15(22)29)14(28)10-13(21)12(20)16(25-18(10)27(17)19)24-9-4-6-26(3)7-5-9/h9,23H,4-8H2,1-3H3,(H2,22,29)(H3,21,24,25). The molecule has 10 heteroatoms. The number of carbonyl (C=O) groups is 1. The molecule has 0 spiro atoms. The van der Waals surface area contributed by atoms with Crippen LogP contribution < -0.4 is 27.5 Å². The van der Waals surface area contributed by atoms with Crippen LogP contribution in [-0.2, 0) is 5.54 Å². The molecule has 1 fully saturated rings. The molecular formula is C19H26FN7O2. The first-order valence-corrected chi connectivity index (χ1v) is 9.68. The van der Waals surface area contributed by atoms with Crippen molar-refractivity contribution in [3.63, 3.8) is 0 Å². The predicted molar refractivity (Wildman–Crippen MR) is 111 cm³/mol. The van der Waals surface area contributed by atoms with Crippen LogP contribution in [-0.4, -0.2) is 53.1 Å². The number of pyridine rings is 2. The van der Waals surface area contributed by atoms with Gasteiger partial charge in [-0.3, -0.25) is 9.59 Å². The molecule has 1 saturated heterocycles. The molecule has 4 heterocycles. The molecule has 2 aliphatic heterocycles. The van der Waals surface area contributed by atoms with E-state index in [1.54, 1.807) is 4.57 Å². The topological polar surface area (TPSA) is 131 Å². The molecule has 0 radical (unpaired) electrons. The Bertz CT molecular complexity index is 1070. The third-order valence-corrected chi connectivity index (χ3v) is 5.88. The number of carbonyl (C=O) groups excluding carboxylic acids is 1. The van der Waals surface area contributed by atoms with Gasteiger partial charge in [-0.25, -0.2) is 9.37 Å². The molecule has 2 aliphatic rings. The Morgan fingerprint density at radius 3 is 2.62 bits per heavy atom. The largest absolute Gasteiger partial charge is 0.396 e. The first kappa shape index (κ1) is 19.4. The molecule has 9 nitrogen and oxygen atoms in total. The van der Waals surface area contributed by atoms with E-state index in [0.29, 0.717) is 12.4 Å². The van der Waals surface area contributed by atoms with Crippen LogP contribution in [0.15, 0.2) is 4.79 Å². The van der Waals surface area contributed by atoms with Crippen molar-refractivity contribution in [2.75, 3.05) is 43.0 Å². The number of hydrogen-bond acceptors (Lipinski definition) is 7. The second kappa shape index (κ2) is 6.58. The van der Waals surface area contributed by atoms with Gasteiger partial charge in [-0.05, 0) is 46.8 Å². The Labute approximate surface area is 167 Å². The number of primary amides is 1. The molecule has 0 saturated carbocycles. The smallest absolute Gasteiger partial charge is 0.256 e. The van der Waals surface area contributed by atoms with Crippen LogP contribution in [0, 0.1) is 5.82 Å². The van der Waals surface area contributed by atoms with E-state index >= 15 is 4.39 Å². The molecule has 0 aromatic carbocycles. The van der Waals surface area contributed by atoms with Gasteiger partial charge in [0.25, 0.3) is 5.91 Å². The highest BCUT2D eigenvalue weighted by Gasteiger charge is 2.37. The molecule has 2 aromatic rings. The van der Waals surface area contributed by atoms with E-state index < -0.39 is 22.7 Å². The Morgan fingerprint density at radius 1 is 1.34 bits per heavy atom. The van der Waals surface area contributed by atoms with Crippen LogP contribution in [0.2, 0.25) is 0 Å². The fourth-order valence-electron chi connectivity index (χ4n) is 4.21. The van der Waals surface area contributed by atoms with E-state index in [9.17, 15) is 9.59 Å². The minimum Gasteiger partial charge on any atom is -0.396 e. The van der Waals surface area contributed by atoms with Gasteiger partial charge in [-0.1, -0.05) is 0 Å². The van der Waals surface area contributed by atoms with E-state index in [2.05, 4.69) is 20.5 Å². The summed E-state index contributed by atoms with van der Waals surface area (Å²) < 4.78 is 16.8. The summed E-state index contributed by atoms with van der Waals surface area (Å²) in [4.78, 5) is 31.6. The molecule has 0 atom stereocenters. The number of piperidine rings is 1. The molecule has 4 rings (SSSR count). The lowest BCUT2D eigenvalue weighted by Crippen LogP contribution is -2.37. The molecule has 6 N–H and O–H groups in total. The van der Waals surface area contributed by atoms with Gasteiger partial charge in [-0.2, -0.15) is 0 Å². The molecule has 0 bridgehead atoms. The van der Waals surface area contributed by atoms with Crippen molar-refractivity contribution in [1.29, 1.82) is 0 Å². The Kier molecular flexibility index (Phi) is 4.41. The van der Waals surface area contributed by atoms with Crippen LogP contribution >= 0.6 is 0 Å². The van der Waals surface area contributed by atoms with Gasteiger partial charge in [0, 0.05) is 12.6 Å². The molecular weight excluding hydrogens is 377 g/mol. The summed E-state index contributed by atoms with van der Waals surface area (Å²) in [6.07, 6.45) is 1.70. The maximum absolute atomic E-state index is 15.1. The SMILES string of the molecule is CN1CCC(Nc2nc3c(c(N)c2F)c(=O)c(C(N)=O)c2n3C(C)(C)CN2)CC1. The van der Waals surface area contributed by atoms with Gasteiger partial charge in [0.15, 0.2) is 17.3 Å². The van der Waals surface area contributed by atoms with Gasteiger partial charge in [0.05, 0.1) is 16.6 Å². The fourth-order valence-corrected chi connectivity index (χ4v) is 4.21. The number of likely N-dealkylation sites (tertiary alicyclic amines) is 1. The third kappa shape index (κ3) is 2.98. The lowest BCUT2D eigenvalue weighted by Gasteiger charge is -2.30. The molecule has 0 aliphatic carbocycles. The number of anilines is 3. The van der Waals surface area contributed by atoms with Crippen molar-refractivity contribution in [3.8, 4) is 0 Å². The quantitative estimate of drug-likeness (QED) is 0.598. The molecule has 29 heavy (non-hydrogen) atoms. The van der Waals surface area contributed by atoms with Crippen molar-refractivity contribution in [3.05, 3.63) is 21.6 Å². The highest BCUT2D eigenvalue weighted by atomic mass is 19.1. The Hall–Kier alpha value is -2.88. The average molecular weight is 403 g/mol. The lowest BCUT2D eigenvalue weighted by atomic mass is 10.0. The number of nitrogens with one attached hydrogen (secondary N) is 2. The van der Waals surface area contributed by atoms with E-state index in [4.69, 9.17) is 11.5 Å². The second-order valence-electron chi connectivity index (χ2n) is 8.53. The number of nitrogens with two attached hydrogens (primary N) is 2. The third-order valence-electron chi connectivity index (χ3n) is 5.88. The van der Waals surface area contributed by atoms with Crippen molar-refractivity contribution >= 4 is 34.3 Å². The van der Waals surface area contributed by atoms with Gasteiger partial charge in [0.1, 0.15) is 11.4 Å². The highest BCUT2D eigenvalue weighted by Crippen LogP contribution is 2.36. The van der Waals surface area contributed by atoms with Crippen molar-refractivity contribution in [1.82, 2.24) is 14.5 Å². The van der Waals surface area contributed by atoms with Crippen LogP contribution in [0.4, 0.5) is 21.7 Å². The second-order valence-corrected chi connectivity index (χ2v) is 8.53. The maximum Gasteiger partial charge on any atom is 0.256 e. The number of halogens is 1. The predicted octanol–water partition coefficient (Wildman–Crippen LogP) is 0.883. The monoisotopic (exact) mass is 403 g/mol. The fraction of sp³-hybridized carbons (Fsp3) is 0.526. The van der Waals surface area contributed by atoms with Gasteiger partial charge in [0.2, 0.25) is 5.43 Å². The number of fused-ring (bicyclic) bond motifs is 3. The minimum absolute atomic E-state index is 0.0215. The Morgan fingerprint density at radius 2 is 2.00 bits per heavy atom. The van der Waals surface area contributed by atoms with Crippen LogP contribution in [0.25, 0.3) is 11.0 Å². The normalized spacial score (nSPS) is 19.2. The first-order chi connectivity index (χ1) is 13.6. The van der Waals surface area contributed by atoms with Crippen molar-refractivity contribution in [2.24, 2.45) is 5.73 Å². The van der Waals surface area contributed by atoms with E-state index in [1.165, 1.54) is 0 Å². The summed E-state index contributed by atoms with van der Waals surface area (Å²) in [6.45, 7) is 6.11. The summed E-state index contributed by atoms with van der Waals surface area (Å²) >= 11 is 0. The summed E-state index contributed by atoms with van der Waals surface area (Å²) in [7, 11) is 2.05. The van der Waals surface area contributed by atoms with E-state index in [-0.39, 0.29) is 34.1 Å². The number of hydrogen-bond donors (Lipinski definition) is 4. The first-order valence-electron chi connectivity index (χ1n) is 9.68. The van der Waals surface area contributed by atoms with Gasteiger partial charge >= 0.3 is 0 Å². The van der Waals surface area contributed by atoms with Crippen molar-refractivity contribution in [2.45, 2.75) is 38.3 Å². The maximum atomic E-state index is 15.1. The van der Waals surface area contributed by atoms with Crippen molar-refractivity contribution < 1.29 is 9.18 Å². The minimum atomic E-state index is -0.890. The zero-order chi connectivity index (χ0) is 21.1. The molecule has 156 valence electrons. The van der Waals surface area contributed by atoms with E-state index in [1.807, 2.05) is 20.9 Å². The molecule has 0 unspecified atom stereocenters. The average Bonchev–Trinajstić information content (AvgIpc) is 2.96. The lowest BCUT2D eigenvalue weighted by molar-refractivity contribution is 0.1000.